The summed E-state index contributed by atoms with van der Waals surface area (Å²) in [4.78, 5) is 12.9. The smallest absolute Gasteiger partial charge is 0.269 e. The zero-order chi connectivity index (χ0) is 62.7. The Labute approximate surface area is 547 Å². The molecule has 10 heteroatoms. The van der Waals surface area contributed by atoms with Gasteiger partial charge < -0.3 is 19.4 Å². The number of ether oxygens (including phenoxy) is 1. The van der Waals surface area contributed by atoms with Crippen LogP contribution < -0.4 is 50.8 Å². The number of aromatic nitrogens is 4. The van der Waals surface area contributed by atoms with E-state index in [1.54, 1.807) is 0 Å². The number of anilines is 9. The maximum atomic E-state index is 7.34. The molecule has 0 bridgehead atoms. The van der Waals surface area contributed by atoms with Crippen molar-refractivity contribution >= 4 is 126 Å². The van der Waals surface area contributed by atoms with E-state index in [0.717, 1.165) is 118 Å². The van der Waals surface area contributed by atoms with Gasteiger partial charge in [0.1, 0.15) is 25.4 Å². The molecule has 4 aliphatic heterocycles. The topological polar surface area (TPSA) is 45.6 Å². The van der Waals surface area contributed by atoms with Crippen LogP contribution in [0.3, 0.4) is 0 Å². The predicted octanol–water partition coefficient (Wildman–Crippen LogP) is 17.6. The summed E-state index contributed by atoms with van der Waals surface area (Å²) in [6, 6.07) is 102. The lowest BCUT2D eigenvalue weighted by Crippen LogP contribution is -2.64. The van der Waals surface area contributed by atoms with Crippen LogP contribution in [0.1, 0.15) is 26.3 Å². The molecule has 0 radical (unpaired) electrons. The summed E-state index contributed by atoms with van der Waals surface area (Å²) in [6.07, 6.45) is 5.99. The van der Waals surface area contributed by atoms with Gasteiger partial charge in [0.05, 0.1) is 39.1 Å². The van der Waals surface area contributed by atoms with Crippen LogP contribution in [-0.4, -0.2) is 28.9 Å². The Hall–Kier alpha value is -11.5. The fourth-order valence-corrected chi connectivity index (χ4v) is 19.0. The molecule has 446 valence electrons. The number of hydrogen-bond donors (Lipinski definition) is 0. The average molecular weight is 1220 g/mol. The number of hydrogen-bond acceptors (Lipinski definition) is 5. The molecule has 12 aromatic carbocycles. The Balaban J connectivity index is 0.846. The number of fused-ring (bicyclic) bond motifs is 6. The summed E-state index contributed by atoms with van der Waals surface area (Å²) >= 11 is 0. The van der Waals surface area contributed by atoms with Gasteiger partial charge in [-0.05, 0) is 163 Å². The van der Waals surface area contributed by atoms with Gasteiger partial charge in [0.15, 0.2) is 0 Å². The second-order valence-corrected chi connectivity index (χ2v) is 31.2. The molecule has 0 saturated carbocycles. The van der Waals surface area contributed by atoms with Crippen molar-refractivity contribution in [2.75, 3.05) is 14.7 Å². The molecular weight excluding hydrogens is 1160 g/mol. The van der Waals surface area contributed by atoms with Gasteiger partial charge in [-0.15, -0.1) is 0 Å². The SMILES string of the molecule is CC(C)(C)c1ccnc(-n2c3cc(Oc4ccc5c(c4)-n4[c-][n+](-c6c(-c7ccccc7)cccc6-c6ccccc6)c6cccc(c64)[Si]5(C)C)ccc3c3c4c5c(cc32)N(c2ccccc2)c2cccc3c2B5c2c(cccc2N4c2ccccc2)N3c2ccccc2)c1. The average Bonchev–Trinajstić information content (AvgIpc) is 0.935. The summed E-state index contributed by atoms with van der Waals surface area (Å²) < 4.78 is 14.4. The molecule has 0 fully saturated rings. The molecule has 0 aliphatic carbocycles. The number of benzene rings is 12. The van der Waals surface area contributed by atoms with Crippen molar-refractivity contribution < 1.29 is 9.30 Å². The molecule has 94 heavy (non-hydrogen) atoms. The molecule has 0 N–H and O–H groups in total. The molecule has 7 heterocycles. The molecule has 4 aliphatic rings. The molecular formula is C84H62BN7OSi. The molecule has 19 rings (SSSR count). The van der Waals surface area contributed by atoms with E-state index < -0.39 is 8.07 Å². The molecule has 0 saturated heterocycles. The van der Waals surface area contributed by atoms with Crippen LogP contribution in [-0.2, 0) is 5.41 Å². The van der Waals surface area contributed by atoms with Crippen LogP contribution in [0.25, 0.3) is 72.3 Å². The van der Waals surface area contributed by atoms with Crippen LogP contribution in [0.2, 0.25) is 13.1 Å². The van der Waals surface area contributed by atoms with E-state index in [-0.39, 0.29) is 12.1 Å². The fourth-order valence-electron chi connectivity index (χ4n) is 16.0. The summed E-state index contributed by atoms with van der Waals surface area (Å²) in [6.45, 7) is 11.7. The normalized spacial score (nSPS) is 13.8. The van der Waals surface area contributed by atoms with Crippen LogP contribution in [0, 0.1) is 6.33 Å². The number of nitrogens with zero attached hydrogens (tertiary/aromatic N) is 7. The minimum atomic E-state index is -2.31. The second kappa shape index (κ2) is 20.3. The second-order valence-electron chi connectivity index (χ2n) is 26.9. The van der Waals surface area contributed by atoms with Gasteiger partial charge in [0.2, 0.25) is 0 Å². The molecule has 0 unspecified atom stereocenters. The predicted molar refractivity (Wildman–Crippen MR) is 391 cm³/mol. The zero-order valence-corrected chi connectivity index (χ0v) is 53.8. The molecule has 3 aromatic heterocycles. The molecule has 0 atom stereocenters. The van der Waals surface area contributed by atoms with Crippen molar-refractivity contribution in [2.24, 2.45) is 0 Å². The Morgan fingerprint density at radius 1 is 0.457 bits per heavy atom. The molecule has 0 amide bonds. The van der Waals surface area contributed by atoms with E-state index in [9.17, 15) is 0 Å². The zero-order valence-electron chi connectivity index (χ0n) is 52.8. The van der Waals surface area contributed by atoms with E-state index in [0.29, 0.717) is 0 Å². The van der Waals surface area contributed by atoms with Gasteiger partial charge in [-0.25, -0.2) is 4.98 Å². The largest absolute Gasteiger partial charge is 0.458 e. The first-order chi connectivity index (χ1) is 46.1. The van der Waals surface area contributed by atoms with Gasteiger partial charge in [-0.2, -0.15) is 0 Å². The van der Waals surface area contributed by atoms with E-state index in [1.165, 1.54) is 49.2 Å². The van der Waals surface area contributed by atoms with Gasteiger partial charge >= 0.3 is 0 Å². The van der Waals surface area contributed by atoms with Crippen molar-refractivity contribution in [3.63, 3.8) is 0 Å². The van der Waals surface area contributed by atoms with Crippen LogP contribution in [0.15, 0.2) is 285 Å². The first kappa shape index (κ1) is 54.3. The van der Waals surface area contributed by atoms with Gasteiger partial charge in [-0.1, -0.05) is 204 Å². The molecule has 0 spiro atoms. The highest BCUT2D eigenvalue weighted by Gasteiger charge is 2.50. The Bertz CT molecular complexity index is 5550. The lowest BCUT2D eigenvalue weighted by Gasteiger charge is -2.49. The van der Waals surface area contributed by atoms with Crippen molar-refractivity contribution in [1.82, 2.24) is 14.1 Å². The highest BCUT2D eigenvalue weighted by molar-refractivity contribution is 7.03. The van der Waals surface area contributed by atoms with Crippen LogP contribution in [0.4, 0.5) is 51.2 Å². The minimum Gasteiger partial charge on any atom is -0.458 e. The number of imidazole rings is 1. The molecule has 15 aromatic rings. The number of rotatable bonds is 9. The maximum Gasteiger partial charge on any atom is 0.269 e. The van der Waals surface area contributed by atoms with Crippen molar-refractivity contribution in [1.29, 1.82) is 0 Å². The summed E-state index contributed by atoms with van der Waals surface area (Å²) in [7, 11) is -2.31. The van der Waals surface area contributed by atoms with Gasteiger partial charge in [0.25, 0.3) is 13.0 Å². The van der Waals surface area contributed by atoms with Crippen molar-refractivity contribution in [3.05, 3.63) is 297 Å². The molecule has 8 nitrogen and oxygen atoms in total. The summed E-state index contributed by atoms with van der Waals surface area (Å²) in [5.74, 6) is 2.31. The number of pyridine rings is 1. The van der Waals surface area contributed by atoms with Gasteiger partial charge in [0, 0.05) is 68.5 Å². The maximum absolute atomic E-state index is 7.34. The highest BCUT2D eigenvalue weighted by Crippen LogP contribution is 2.54. The Morgan fingerprint density at radius 2 is 0.989 bits per heavy atom. The van der Waals surface area contributed by atoms with Crippen LogP contribution >= 0.6 is 0 Å². The monoisotopic (exact) mass is 1220 g/mol. The Morgan fingerprint density at radius 3 is 1.60 bits per heavy atom. The third-order valence-corrected chi connectivity index (χ3v) is 23.7. The van der Waals surface area contributed by atoms with Crippen molar-refractivity contribution in [2.45, 2.75) is 39.3 Å². The lowest BCUT2D eigenvalue weighted by molar-refractivity contribution is -0.571. The third-order valence-electron chi connectivity index (χ3n) is 20.2. The Kier molecular flexibility index (Phi) is 11.7. The first-order valence-corrected chi connectivity index (χ1v) is 35.6. The van der Waals surface area contributed by atoms with Crippen molar-refractivity contribution in [3.8, 4) is 50.9 Å². The third kappa shape index (κ3) is 7.86. The number of para-hydroxylation sites is 5. The van der Waals surface area contributed by atoms with E-state index in [2.05, 4.69) is 348 Å². The quantitative estimate of drug-likeness (QED) is 0.0819. The standard InChI is InChI=1S/C84H62BN7OSi/c1-84(2,3)56-47-48-86-76(49-56)92-70-50-60(93-61-44-46-74-71(51-61)88-53-87(69-41-24-42-75(82(69)88)94(74,4)5)81-62(54-25-11-6-12-26-54)35-21-36-63(81)55-27-13-7-14-28-55)43-45-64(70)77-72(92)52-73-80-83(77)91(59-33-19-10-20-34-59)68-40-23-38-66-79(68)85(80)78-65(89(66)57-29-15-8-16-30-57)37-22-39-67(78)90(73)58-31-17-9-18-32-58/h6-52H,1-5H3. The minimum absolute atomic E-state index is 0.100. The lowest BCUT2D eigenvalue weighted by atomic mass is 9.31. The van der Waals surface area contributed by atoms with E-state index in [1.807, 2.05) is 6.20 Å². The fraction of sp³-hybridized carbons (Fsp3) is 0.0714. The van der Waals surface area contributed by atoms with Gasteiger partial charge in [-0.3, -0.25) is 13.7 Å². The summed E-state index contributed by atoms with van der Waals surface area (Å²) in [5.41, 5.74) is 26.2. The van der Waals surface area contributed by atoms with E-state index >= 15 is 0 Å². The summed E-state index contributed by atoms with van der Waals surface area (Å²) in [5, 5.41) is 4.96. The highest BCUT2D eigenvalue weighted by atomic mass is 28.3. The first-order valence-electron chi connectivity index (χ1n) is 32.6. The van der Waals surface area contributed by atoms with E-state index in [4.69, 9.17) is 9.72 Å². The van der Waals surface area contributed by atoms with Crippen LogP contribution in [0.5, 0.6) is 11.5 Å².